The smallest absolute Gasteiger partial charge is 0.165 e. The van der Waals surface area contributed by atoms with Gasteiger partial charge < -0.3 is 10.2 Å². The first-order valence-corrected chi connectivity index (χ1v) is 8.69. The van der Waals surface area contributed by atoms with Gasteiger partial charge in [-0.15, -0.1) is 0 Å². The highest BCUT2D eigenvalue weighted by Gasteiger charge is 2.12. The molecule has 0 saturated heterocycles. The molecule has 3 nitrogen and oxygen atoms in total. The Morgan fingerprint density at radius 3 is 2.25 bits per heavy atom. The van der Waals surface area contributed by atoms with E-state index in [-0.39, 0.29) is 18.0 Å². The van der Waals surface area contributed by atoms with Gasteiger partial charge in [0.15, 0.2) is 5.78 Å². The number of aromatic hydroxyl groups is 1. The van der Waals surface area contributed by atoms with Crippen molar-refractivity contribution in [1.29, 1.82) is 0 Å². The molecule has 128 valence electrons. The summed E-state index contributed by atoms with van der Waals surface area (Å²) in [6.45, 7) is 0. The topological polar surface area (TPSA) is 57.5 Å². The molecule has 0 radical (unpaired) electrons. The number of ketones is 1. The van der Waals surface area contributed by atoms with Gasteiger partial charge in [-0.25, -0.2) is 0 Å². The minimum Gasteiger partial charge on any atom is -0.508 e. The molecule has 2 rings (SSSR count). The maximum Gasteiger partial charge on any atom is 0.165 e. The van der Waals surface area contributed by atoms with Crippen LogP contribution in [0.2, 0.25) is 0 Å². The predicted molar refractivity (Wildman–Crippen MR) is 96.3 cm³/mol. The Kier molecular flexibility index (Phi) is 7.50. The third kappa shape index (κ3) is 6.55. The molecule has 0 heterocycles. The van der Waals surface area contributed by atoms with Crippen LogP contribution in [0.4, 0.5) is 0 Å². The van der Waals surface area contributed by atoms with E-state index in [9.17, 15) is 15.0 Å². The van der Waals surface area contributed by atoms with E-state index < -0.39 is 6.10 Å². The summed E-state index contributed by atoms with van der Waals surface area (Å²) >= 11 is 0. The van der Waals surface area contributed by atoms with Gasteiger partial charge >= 0.3 is 0 Å². The number of carbonyl (C=O) groups excluding carboxylic acids is 1. The molecule has 0 aromatic heterocycles. The normalized spacial score (nSPS) is 12.0. The van der Waals surface area contributed by atoms with Gasteiger partial charge in [-0.2, -0.15) is 0 Å². The van der Waals surface area contributed by atoms with Crippen molar-refractivity contribution in [2.75, 3.05) is 0 Å². The van der Waals surface area contributed by atoms with Crippen LogP contribution in [0.15, 0.2) is 54.6 Å². The summed E-state index contributed by atoms with van der Waals surface area (Å²) in [6.07, 6.45) is 5.66. The number of carbonyl (C=O) groups is 1. The standard InChI is InChI=1S/C21H26O3/c22-19-14-12-18(13-15-19)21(24)16-20(23)11-7-2-1-4-8-17-9-5-3-6-10-17/h3,5-6,9-10,12-15,20,22-23H,1-2,4,7-8,11,16H2. The molecule has 0 bridgehead atoms. The summed E-state index contributed by atoms with van der Waals surface area (Å²) in [7, 11) is 0. The maximum atomic E-state index is 12.0. The van der Waals surface area contributed by atoms with E-state index in [4.69, 9.17) is 0 Å². The van der Waals surface area contributed by atoms with Gasteiger partial charge in [0.05, 0.1) is 6.10 Å². The largest absolute Gasteiger partial charge is 0.508 e. The van der Waals surface area contributed by atoms with Crippen LogP contribution in [0.3, 0.4) is 0 Å². The molecule has 0 aliphatic rings. The average molecular weight is 326 g/mol. The fourth-order valence-corrected chi connectivity index (χ4v) is 2.79. The van der Waals surface area contributed by atoms with Crippen LogP contribution in [0.5, 0.6) is 5.75 Å². The number of aliphatic hydroxyl groups is 1. The predicted octanol–water partition coefficient (Wildman–Crippen LogP) is 4.52. The van der Waals surface area contributed by atoms with Gasteiger partial charge in [-0.3, -0.25) is 4.79 Å². The van der Waals surface area contributed by atoms with Crippen molar-refractivity contribution in [3.63, 3.8) is 0 Å². The third-order valence-corrected chi connectivity index (χ3v) is 4.21. The summed E-state index contributed by atoms with van der Waals surface area (Å²) in [5.41, 5.74) is 1.91. The number of unbranched alkanes of at least 4 members (excludes halogenated alkanes) is 3. The minimum absolute atomic E-state index is 0.0772. The van der Waals surface area contributed by atoms with E-state index in [1.165, 1.54) is 17.7 Å². The summed E-state index contributed by atoms with van der Waals surface area (Å²) in [5, 5.41) is 19.2. The summed E-state index contributed by atoms with van der Waals surface area (Å²) in [6, 6.07) is 16.6. The van der Waals surface area contributed by atoms with Crippen molar-refractivity contribution in [2.45, 2.75) is 51.0 Å². The van der Waals surface area contributed by atoms with E-state index in [0.29, 0.717) is 12.0 Å². The fourth-order valence-electron chi connectivity index (χ4n) is 2.79. The van der Waals surface area contributed by atoms with Crippen molar-refractivity contribution >= 4 is 5.78 Å². The first-order chi connectivity index (χ1) is 11.6. The van der Waals surface area contributed by atoms with Crippen LogP contribution in [0.1, 0.15) is 54.4 Å². The Bertz CT molecular complexity index is 605. The van der Waals surface area contributed by atoms with Gasteiger partial charge in [-0.05, 0) is 49.1 Å². The van der Waals surface area contributed by atoms with Gasteiger partial charge in [-0.1, -0.05) is 49.6 Å². The molecule has 2 N–H and O–H groups in total. The lowest BCUT2D eigenvalue weighted by Gasteiger charge is -2.10. The fraction of sp³-hybridized carbons (Fsp3) is 0.381. The lowest BCUT2D eigenvalue weighted by atomic mass is 10.00. The van der Waals surface area contributed by atoms with Crippen LogP contribution in [0, 0.1) is 0 Å². The van der Waals surface area contributed by atoms with Crippen LogP contribution in [-0.4, -0.2) is 22.1 Å². The Morgan fingerprint density at radius 1 is 0.875 bits per heavy atom. The van der Waals surface area contributed by atoms with Crippen LogP contribution in [-0.2, 0) is 6.42 Å². The molecular formula is C21H26O3. The van der Waals surface area contributed by atoms with Crippen LogP contribution < -0.4 is 0 Å². The van der Waals surface area contributed by atoms with E-state index >= 15 is 0 Å². The van der Waals surface area contributed by atoms with Crippen LogP contribution >= 0.6 is 0 Å². The quantitative estimate of drug-likeness (QED) is 0.498. The number of phenolic OH excluding ortho intramolecular Hbond substituents is 1. The molecule has 1 atom stereocenters. The van der Waals surface area contributed by atoms with Gasteiger partial charge in [0.25, 0.3) is 0 Å². The summed E-state index contributed by atoms with van der Waals surface area (Å²) in [4.78, 5) is 12.0. The van der Waals surface area contributed by atoms with Crippen molar-refractivity contribution in [3.05, 3.63) is 65.7 Å². The average Bonchev–Trinajstić information content (AvgIpc) is 2.59. The highest BCUT2D eigenvalue weighted by atomic mass is 16.3. The van der Waals surface area contributed by atoms with Gasteiger partial charge in [0, 0.05) is 12.0 Å². The Labute approximate surface area is 144 Å². The van der Waals surface area contributed by atoms with E-state index in [0.717, 1.165) is 32.1 Å². The molecule has 0 fully saturated rings. The second-order valence-corrected chi connectivity index (χ2v) is 6.27. The molecule has 3 heteroatoms. The van der Waals surface area contributed by atoms with Gasteiger partial charge in [0.1, 0.15) is 5.75 Å². The summed E-state index contributed by atoms with van der Waals surface area (Å²) < 4.78 is 0. The number of benzene rings is 2. The number of hydrogen-bond acceptors (Lipinski definition) is 3. The zero-order valence-electron chi connectivity index (χ0n) is 14.0. The lowest BCUT2D eigenvalue weighted by Crippen LogP contribution is -2.13. The first kappa shape index (κ1) is 18.2. The van der Waals surface area contributed by atoms with Crippen molar-refractivity contribution in [2.24, 2.45) is 0 Å². The van der Waals surface area contributed by atoms with E-state index in [1.807, 2.05) is 6.07 Å². The number of aliphatic hydroxyl groups excluding tert-OH is 1. The highest BCUT2D eigenvalue weighted by molar-refractivity contribution is 5.96. The minimum atomic E-state index is -0.583. The number of aryl methyl sites for hydroxylation is 1. The second kappa shape index (κ2) is 9.89. The Balaban J connectivity index is 1.57. The Hall–Kier alpha value is -2.13. The Morgan fingerprint density at radius 2 is 1.54 bits per heavy atom. The third-order valence-electron chi connectivity index (χ3n) is 4.21. The molecule has 0 aliphatic carbocycles. The monoisotopic (exact) mass is 326 g/mol. The molecular weight excluding hydrogens is 300 g/mol. The number of hydrogen-bond donors (Lipinski definition) is 2. The molecule has 24 heavy (non-hydrogen) atoms. The molecule has 2 aromatic rings. The zero-order chi connectivity index (χ0) is 17.2. The molecule has 0 amide bonds. The number of rotatable bonds is 10. The van der Waals surface area contributed by atoms with Crippen molar-refractivity contribution in [1.82, 2.24) is 0 Å². The highest BCUT2D eigenvalue weighted by Crippen LogP contribution is 2.15. The lowest BCUT2D eigenvalue weighted by molar-refractivity contribution is 0.0864. The number of phenols is 1. The van der Waals surface area contributed by atoms with E-state index in [1.54, 1.807) is 12.1 Å². The second-order valence-electron chi connectivity index (χ2n) is 6.27. The van der Waals surface area contributed by atoms with Crippen molar-refractivity contribution < 1.29 is 15.0 Å². The molecule has 0 spiro atoms. The first-order valence-electron chi connectivity index (χ1n) is 8.69. The maximum absolute atomic E-state index is 12.0. The molecule has 2 aromatic carbocycles. The summed E-state index contributed by atoms with van der Waals surface area (Å²) in [5.74, 6) is 0.0641. The molecule has 1 unspecified atom stereocenters. The molecule has 0 saturated carbocycles. The van der Waals surface area contributed by atoms with E-state index in [2.05, 4.69) is 24.3 Å². The van der Waals surface area contributed by atoms with Gasteiger partial charge in [0.2, 0.25) is 0 Å². The van der Waals surface area contributed by atoms with Crippen LogP contribution in [0.25, 0.3) is 0 Å². The molecule has 0 aliphatic heterocycles. The SMILES string of the molecule is O=C(CC(O)CCCCCCc1ccccc1)c1ccc(O)cc1. The zero-order valence-corrected chi connectivity index (χ0v) is 14.0. The van der Waals surface area contributed by atoms with Crippen molar-refractivity contribution in [3.8, 4) is 5.75 Å². The number of Topliss-reactive ketones (excluding diaryl/α,β-unsaturated/α-hetero) is 1.